The van der Waals surface area contributed by atoms with Gasteiger partial charge < -0.3 is 10.6 Å². The molecule has 1 rings (SSSR count). The Labute approximate surface area is 78.1 Å². The second-order valence-corrected chi connectivity index (χ2v) is 3.71. The third-order valence-electron chi connectivity index (χ3n) is 2.44. The van der Waals surface area contributed by atoms with Crippen molar-refractivity contribution in [2.45, 2.75) is 26.2 Å². The highest BCUT2D eigenvalue weighted by atomic mass is 16.2. The van der Waals surface area contributed by atoms with E-state index in [-0.39, 0.29) is 12.5 Å². The summed E-state index contributed by atoms with van der Waals surface area (Å²) in [5.41, 5.74) is 5.04. The Morgan fingerprint density at radius 3 is 2.92 bits per heavy atom. The van der Waals surface area contributed by atoms with Crippen molar-refractivity contribution in [1.82, 2.24) is 4.90 Å². The lowest BCUT2D eigenvalue weighted by molar-refractivity contribution is -0.134. The van der Waals surface area contributed by atoms with Crippen LogP contribution in [0.5, 0.6) is 0 Å². The van der Waals surface area contributed by atoms with Gasteiger partial charge in [0.05, 0.1) is 6.54 Å². The number of nitrogens with two attached hydrogens (primary N) is 1. The van der Waals surface area contributed by atoms with Gasteiger partial charge in [0, 0.05) is 13.0 Å². The van der Waals surface area contributed by atoms with Crippen molar-refractivity contribution in [1.29, 1.82) is 0 Å². The minimum absolute atomic E-state index is 0.0585. The van der Waals surface area contributed by atoms with Gasteiger partial charge in [-0.25, -0.2) is 0 Å². The van der Waals surface area contributed by atoms with E-state index < -0.39 is 5.91 Å². The highest BCUT2D eigenvalue weighted by molar-refractivity contribution is 5.83. The van der Waals surface area contributed by atoms with E-state index in [2.05, 4.69) is 6.92 Å². The summed E-state index contributed by atoms with van der Waals surface area (Å²) in [4.78, 5) is 23.6. The van der Waals surface area contributed by atoms with Crippen molar-refractivity contribution in [2.75, 3.05) is 13.1 Å². The number of likely N-dealkylation sites (tertiary alicyclic amines) is 1. The van der Waals surface area contributed by atoms with Gasteiger partial charge in [0.2, 0.25) is 11.8 Å². The lowest BCUT2D eigenvalue weighted by Crippen LogP contribution is -2.38. The first-order valence-electron chi connectivity index (χ1n) is 4.65. The Balaban J connectivity index is 2.52. The molecule has 0 aromatic carbocycles. The van der Waals surface area contributed by atoms with E-state index in [1.807, 2.05) is 0 Å². The Kier molecular flexibility index (Phi) is 3.28. The van der Waals surface area contributed by atoms with Crippen LogP contribution in [0, 0.1) is 5.92 Å². The molecule has 13 heavy (non-hydrogen) atoms. The van der Waals surface area contributed by atoms with E-state index in [0.29, 0.717) is 18.9 Å². The van der Waals surface area contributed by atoms with Gasteiger partial charge in [0.15, 0.2) is 0 Å². The van der Waals surface area contributed by atoms with Gasteiger partial charge in [-0.15, -0.1) is 0 Å². The molecule has 4 heteroatoms. The fourth-order valence-corrected chi connectivity index (χ4v) is 1.53. The number of hydrogen-bond donors (Lipinski definition) is 1. The summed E-state index contributed by atoms with van der Waals surface area (Å²) < 4.78 is 0. The zero-order chi connectivity index (χ0) is 9.84. The molecule has 1 unspecified atom stereocenters. The van der Waals surface area contributed by atoms with Crippen LogP contribution >= 0.6 is 0 Å². The van der Waals surface area contributed by atoms with Crippen LogP contribution in [0.25, 0.3) is 0 Å². The minimum Gasteiger partial charge on any atom is -0.368 e. The van der Waals surface area contributed by atoms with Crippen LogP contribution in [0.4, 0.5) is 0 Å². The van der Waals surface area contributed by atoms with E-state index in [4.69, 9.17) is 5.73 Å². The molecule has 0 saturated carbocycles. The van der Waals surface area contributed by atoms with Crippen LogP contribution in [0.1, 0.15) is 26.2 Å². The van der Waals surface area contributed by atoms with Crippen LogP contribution in [-0.2, 0) is 9.59 Å². The van der Waals surface area contributed by atoms with Gasteiger partial charge in [-0.2, -0.15) is 0 Å². The number of primary amides is 1. The van der Waals surface area contributed by atoms with Crippen molar-refractivity contribution in [3.63, 3.8) is 0 Å². The smallest absolute Gasteiger partial charge is 0.237 e. The van der Waals surface area contributed by atoms with E-state index in [1.54, 1.807) is 4.90 Å². The molecular formula is C9H16N2O2. The first-order valence-corrected chi connectivity index (χ1v) is 4.65. The number of rotatable bonds is 2. The Morgan fingerprint density at radius 2 is 2.31 bits per heavy atom. The van der Waals surface area contributed by atoms with Crippen molar-refractivity contribution < 1.29 is 9.59 Å². The lowest BCUT2D eigenvalue weighted by atomic mass is 10.0. The number of carbonyl (C=O) groups is 2. The standard InChI is InChI=1S/C9H16N2O2/c1-7-2-3-9(13)11(5-4-7)6-8(10)12/h7H,2-6H2,1H3,(H2,10,12). The third kappa shape index (κ3) is 3.05. The molecule has 0 aromatic heterocycles. The molecule has 1 heterocycles. The molecule has 4 nitrogen and oxygen atoms in total. The number of nitrogens with zero attached hydrogens (tertiary/aromatic N) is 1. The van der Waals surface area contributed by atoms with E-state index in [1.165, 1.54) is 0 Å². The van der Waals surface area contributed by atoms with Gasteiger partial charge in [-0.3, -0.25) is 9.59 Å². The first kappa shape index (κ1) is 10.0. The average molecular weight is 184 g/mol. The number of carbonyl (C=O) groups excluding carboxylic acids is 2. The molecular weight excluding hydrogens is 168 g/mol. The first-order chi connectivity index (χ1) is 6.09. The Hall–Kier alpha value is -1.06. The molecule has 1 fully saturated rings. The summed E-state index contributed by atoms with van der Waals surface area (Å²) in [6.07, 6.45) is 2.45. The van der Waals surface area contributed by atoms with Gasteiger partial charge in [-0.1, -0.05) is 6.92 Å². The van der Waals surface area contributed by atoms with E-state index >= 15 is 0 Å². The summed E-state index contributed by atoms with van der Waals surface area (Å²) in [6.45, 7) is 2.87. The Bertz CT molecular complexity index is 216. The zero-order valence-corrected chi connectivity index (χ0v) is 7.95. The molecule has 0 aliphatic carbocycles. The fourth-order valence-electron chi connectivity index (χ4n) is 1.53. The van der Waals surface area contributed by atoms with Crippen molar-refractivity contribution in [3.05, 3.63) is 0 Å². The predicted molar refractivity (Wildman–Crippen MR) is 48.8 cm³/mol. The third-order valence-corrected chi connectivity index (χ3v) is 2.44. The van der Waals surface area contributed by atoms with Crippen LogP contribution in [0.15, 0.2) is 0 Å². The van der Waals surface area contributed by atoms with Crippen LogP contribution in [0.3, 0.4) is 0 Å². The number of hydrogen-bond acceptors (Lipinski definition) is 2. The maximum atomic E-state index is 11.4. The normalized spacial score (nSPS) is 24.2. The molecule has 1 saturated heterocycles. The predicted octanol–water partition coefficient (Wildman–Crippen LogP) is 0.120. The molecule has 1 atom stereocenters. The van der Waals surface area contributed by atoms with Gasteiger partial charge in [0.1, 0.15) is 0 Å². The zero-order valence-electron chi connectivity index (χ0n) is 7.95. The maximum Gasteiger partial charge on any atom is 0.237 e. The summed E-state index contributed by atoms with van der Waals surface area (Å²) in [5, 5.41) is 0. The topological polar surface area (TPSA) is 63.4 Å². The molecule has 0 radical (unpaired) electrons. The monoisotopic (exact) mass is 184 g/mol. The van der Waals surface area contributed by atoms with E-state index in [0.717, 1.165) is 12.8 Å². The molecule has 1 aliphatic heterocycles. The molecule has 0 spiro atoms. The second kappa shape index (κ2) is 4.25. The summed E-state index contributed by atoms with van der Waals surface area (Å²) in [5.74, 6) is 0.202. The van der Waals surface area contributed by atoms with Crippen molar-refractivity contribution in [2.24, 2.45) is 11.7 Å². The van der Waals surface area contributed by atoms with Crippen LogP contribution in [-0.4, -0.2) is 29.8 Å². The van der Waals surface area contributed by atoms with Crippen molar-refractivity contribution in [3.8, 4) is 0 Å². The average Bonchev–Trinajstić information content (AvgIpc) is 2.19. The quantitative estimate of drug-likeness (QED) is 0.662. The maximum absolute atomic E-state index is 11.4. The fraction of sp³-hybridized carbons (Fsp3) is 0.778. The van der Waals surface area contributed by atoms with E-state index in [9.17, 15) is 9.59 Å². The minimum atomic E-state index is -0.428. The molecule has 2 amide bonds. The van der Waals surface area contributed by atoms with Gasteiger partial charge in [0.25, 0.3) is 0 Å². The highest BCUT2D eigenvalue weighted by Gasteiger charge is 2.20. The molecule has 0 aromatic rings. The molecule has 2 N–H and O–H groups in total. The van der Waals surface area contributed by atoms with Gasteiger partial charge >= 0.3 is 0 Å². The Morgan fingerprint density at radius 1 is 1.62 bits per heavy atom. The molecule has 1 aliphatic rings. The van der Waals surface area contributed by atoms with Crippen LogP contribution < -0.4 is 5.73 Å². The van der Waals surface area contributed by atoms with Gasteiger partial charge in [-0.05, 0) is 18.8 Å². The summed E-state index contributed by atoms with van der Waals surface area (Å²) in [7, 11) is 0. The van der Waals surface area contributed by atoms with Crippen LogP contribution in [0.2, 0.25) is 0 Å². The molecule has 74 valence electrons. The molecule has 0 bridgehead atoms. The largest absolute Gasteiger partial charge is 0.368 e. The van der Waals surface area contributed by atoms with Crippen molar-refractivity contribution >= 4 is 11.8 Å². The second-order valence-electron chi connectivity index (χ2n) is 3.71. The summed E-state index contributed by atoms with van der Waals surface area (Å²) >= 11 is 0. The number of amides is 2. The SMILES string of the molecule is CC1CCC(=O)N(CC(N)=O)CC1. The summed E-state index contributed by atoms with van der Waals surface area (Å²) in [6, 6.07) is 0. The highest BCUT2D eigenvalue weighted by Crippen LogP contribution is 2.16. The lowest BCUT2D eigenvalue weighted by Gasteiger charge is -2.18.